The zero-order valence-corrected chi connectivity index (χ0v) is 12.9. The quantitative estimate of drug-likeness (QED) is 0.807. The largest absolute Gasteiger partial charge is 0.391 e. The van der Waals surface area contributed by atoms with Crippen LogP contribution in [0.1, 0.15) is 19.4 Å². The van der Waals surface area contributed by atoms with Crippen molar-refractivity contribution in [3.63, 3.8) is 0 Å². The summed E-state index contributed by atoms with van der Waals surface area (Å²) in [4.78, 5) is 0. The summed E-state index contributed by atoms with van der Waals surface area (Å²) in [6.07, 6.45) is -0.346. The summed E-state index contributed by atoms with van der Waals surface area (Å²) in [5, 5.41) is 14.5. The van der Waals surface area contributed by atoms with E-state index in [4.69, 9.17) is 23.2 Å². The standard InChI is InChI=1S/C13H19Cl2NOS/c1-3-16-7-13(17)9(2)18-8-10-4-5-11(14)6-12(10)15/h4-6,9,13,16-17H,3,7-8H2,1-2H3. The van der Waals surface area contributed by atoms with Gasteiger partial charge >= 0.3 is 0 Å². The first-order valence-electron chi connectivity index (χ1n) is 5.99. The maximum atomic E-state index is 9.90. The smallest absolute Gasteiger partial charge is 0.0780 e. The third-order valence-electron chi connectivity index (χ3n) is 2.66. The van der Waals surface area contributed by atoms with Crippen LogP contribution in [0.25, 0.3) is 0 Å². The highest BCUT2D eigenvalue weighted by Crippen LogP contribution is 2.27. The Balaban J connectivity index is 2.44. The second kappa shape index (κ2) is 8.28. The van der Waals surface area contributed by atoms with Crippen molar-refractivity contribution in [1.29, 1.82) is 0 Å². The Bertz CT molecular complexity index is 376. The van der Waals surface area contributed by atoms with Gasteiger partial charge in [0.1, 0.15) is 0 Å². The van der Waals surface area contributed by atoms with Crippen LogP contribution in [0.3, 0.4) is 0 Å². The predicted octanol–water partition coefficient (Wildman–Crippen LogP) is 3.59. The monoisotopic (exact) mass is 307 g/mol. The summed E-state index contributed by atoms with van der Waals surface area (Å²) >= 11 is 13.6. The van der Waals surface area contributed by atoms with E-state index in [-0.39, 0.29) is 11.4 Å². The van der Waals surface area contributed by atoms with Gasteiger partial charge in [0.2, 0.25) is 0 Å². The Kier molecular flexibility index (Phi) is 7.42. The van der Waals surface area contributed by atoms with Gasteiger partial charge in [-0.3, -0.25) is 0 Å². The molecule has 2 atom stereocenters. The molecule has 1 aromatic rings. The summed E-state index contributed by atoms with van der Waals surface area (Å²) in [6, 6.07) is 5.52. The zero-order chi connectivity index (χ0) is 13.5. The molecule has 0 saturated carbocycles. The number of benzene rings is 1. The van der Waals surface area contributed by atoms with E-state index in [0.717, 1.165) is 17.9 Å². The van der Waals surface area contributed by atoms with Crippen LogP contribution in [-0.2, 0) is 5.75 Å². The summed E-state index contributed by atoms with van der Waals surface area (Å²) in [5.41, 5.74) is 1.05. The van der Waals surface area contributed by atoms with Gasteiger partial charge in [0.25, 0.3) is 0 Å². The van der Waals surface area contributed by atoms with Crippen LogP contribution in [0.15, 0.2) is 18.2 Å². The fourth-order valence-corrected chi connectivity index (χ4v) is 3.00. The number of hydrogen-bond acceptors (Lipinski definition) is 3. The van der Waals surface area contributed by atoms with Gasteiger partial charge in [-0.2, -0.15) is 11.8 Å². The van der Waals surface area contributed by atoms with Gasteiger partial charge in [-0.05, 0) is 24.2 Å². The molecule has 0 bridgehead atoms. The summed E-state index contributed by atoms with van der Waals surface area (Å²) < 4.78 is 0. The van der Waals surface area contributed by atoms with Gasteiger partial charge in [-0.1, -0.05) is 43.1 Å². The second-order valence-electron chi connectivity index (χ2n) is 4.13. The van der Waals surface area contributed by atoms with Crippen molar-refractivity contribution in [2.24, 2.45) is 0 Å². The zero-order valence-electron chi connectivity index (χ0n) is 10.6. The van der Waals surface area contributed by atoms with Gasteiger partial charge in [0, 0.05) is 27.6 Å². The van der Waals surface area contributed by atoms with E-state index in [1.54, 1.807) is 17.8 Å². The van der Waals surface area contributed by atoms with Crippen LogP contribution in [0.4, 0.5) is 0 Å². The number of aliphatic hydroxyl groups excluding tert-OH is 1. The average Bonchev–Trinajstić information content (AvgIpc) is 2.34. The third-order valence-corrected chi connectivity index (χ3v) is 4.57. The highest BCUT2D eigenvalue weighted by atomic mass is 35.5. The summed E-state index contributed by atoms with van der Waals surface area (Å²) in [7, 11) is 0. The van der Waals surface area contributed by atoms with E-state index in [0.29, 0.717) is 16.6 Å². The van der Waals surface area contributed by atoms with Gasteiger partial charge in [0.05, 0.1) is 6.10 Å². The molecule has 0 saturated heterocycles. The molecule has 0 spiro atoms. The first-order valence-corrected chi connectivity index (χ1v) is 7.79. The number of rotatable bonds is 7. The number of hydrogen-bond donors (Lipinski definition) is 2. The van der Waals surface area contributed by atoms with Crippen LogP contribution in [0.5, 0.6) is 0 Å². The van der Waals surface area contributed by atoms with Crippen molar-refractivity contribution in [3.05, 3.63) is 33.8 Å². The van der Waals surface area contributed by atoms with Crippen LogP contribution in [-0.4, -0.2) is 29.5 Å². The Morgan fingerprint density at radius 3 is 2.72 bits per heavy atom. The van der Waals surface area contributed by atoms with Gasteiger partial charge in [0.15, 0.2) is 0 Å². The van der Waals surface area contributed by atoms with Crippen molar-refractivity contribution < 1.29 is 5.11 Å². The molecule has 5 heteroatoms. The van der Waals surface area contributed by atoms with Crippen LogP contribution in [0, 0.1) is 0 Å². The molecule has 0 aliphatic heterocycles. The first-order chi connectivity index (χ1) is 8.54. The fourth-order valence-electron chi connectivity index (χ4n) is 1.43. The lowest BCUT2D eigenvalue weighted by molar-refractivity contribution is 0.173. The first kappa shape index (κ1) is 16.1. The number of likely N-dealkylation sites (N-methyl/N-ethyl adjacent to an activating group) is 1. The van der Waals surface area contributed by atoms with Crippen LogP contribution < -0.4 is 5.32 Å². The van der Waals surface area contributed by atoms with Gasteiger partial charge < -0.3 is 10.4 Å². The maximum Gasteiger partial charge on any atom is 0.0780 e. The fraction of sp³-hybridized carbons (Fsp3) is 0.538. The molecule has 102 valence electrons. The summed E-state index contributed by atoms with van der Waals surface area (Å²) in [5.74, 6) is 0.778. The van der Waals surface area contributed by atoms with E-state index >= 15 is 0 Å². The minimum absolute atomic E-state index is 0.163. The lowest BCUT2D eigenvalue weighted by atomic mass is 10.2. The third kappa shape index (κ3) is 5.37. The van der Waals surface area contributed by atoms with Crippen LogP contribution in [0.2, 0.25) is 10.0 Å². The van der Waals surface area contributed by atoms with E-state index in [1.165, 1.54) is 0 Å². The van der Waals surface area contributed by atoms with Crippen molar-refractivity contribution in [2.75, 3.05) is 13.1 Å². The maximum absolute atomic E-state index is 9.90. The van der Waals surface area contributed by atoms with Gasteiger partial charge in [-0.25, -0.2) is 0 Å². The Morgan fingerprint density at radius 2 is 2.11 bits per heavy atom. The lowest BCUT2D eigenvalue weighted by Crippen LogP contribution is -2.33. The van der Waals surface area contributed by atoms with Crippen molar-refractivity contribution >= 4 is 35.0 Å². The topological polar surface area (TPSA) is 32.3 Å². The minimum Gasteiger partial charge on any atom is -0.391 e. The number of aliphatic hydroxyl groups is 1. The molecule has 2 nitrogen and oxygen atoms in total. The predicted molar refractivity (Wildman–Crippen MR) is 81.8 cm³/mol. The minimum atomic E-state index is -0.346. The number of nitrogens with one attached hydrogen (secondary N) is 1. The molecule has 1 aromatic carbocycles. The highest BCUT2D eigenvalue weighted by molar-refractivity contribution is 7.99. The van der Waals surface area contributed by atoms with Gasteiger partial charge in [-0.15, -0.1) is 0 Å². The Labute approximate surface area is 123 Å². The molecule has 0 aliphatic rings. The van der Waals surface area contributed by atoms with E-state index in [9.17, 15) is 5.11 Å². The molecule has 0 fully saturated rings. The Morgan fingerprint density at radius 1 is 1.39 bits per heavy atom. The van der Waals surface area contributed by atoms with Crippen molar-refractivity contribution in [3.8, 4) is 0 Å². The Hall–Kier alpha value is 0.0700. The average molecular weight is 308 g/mol. The van der Waals surface area contributed by atoms with E-state index in [1.807, 2.05) is 26.0 Å². The molecule has 18 heavy (non-hydrogen) atoms. The molecule has 0 radical (unpaired) electrons. The molecule has 0 heterocycles. The molecular weight excluding hydrogens is 289 g/mol. The number of halogens is 2. The molecule has 0 aromatic heterocycles. The van der Waals surface area contributed by atoms with E-state index < -0.39 is 0 Å². The molecule has 1 rings (SSSR count). The van der Waals surface area contributed by atoms with Crippen LogP contribution >= 0.6 is 35.0 Å². The molecular formula is C13H19Cl2NOS. The number of thioether (sulfide) groups is 1. The lowest BCUT2D eigenvalue weighted by Gasteiger charge is -2.19. The molecule has 2 unspecified atom stereocenters. The van der Waals surface area contributed by atoms with Crippen molar-refractivity contribution in [1.82, 2.24) is 5.32 Å². The van der Waals surface area contributed by atoms with E-state index in [2.05, 4.69) is 5.32 Å². The molecule has 0 aliphatic carbocycles. The molecule has 2 N–H and O–H groups in total. The highest BCUT2D eigenvalue weighted by Gasteiger charge is 2.14. The second-order valence-corrected chi connectivity index (χ2v) is 6.34. The summed E-state index contributed by atoms with van der Waals surface area (Å²) in [6.45, 7) is 5.55. The van der Waals surface area contributed by atoms with Crippen molar-refractivity contribution in [2.45, 2.75) is 31.0 Å². The molecule has 0 amide bonds. The normalized spacial score (nSPS) is 14.5. The SMILES string of the molecule is CCNCC(O)C(C)SCc1ccc(Cl)cc1Cl.